The van der Waals surface area contributed by atoms with E-state index in [0.29, 0.717) is 5.56 Å². The molecule has 30 heavy (non-hydrogen) atoms. The molecule has 1 unspecified atom stereocenters. The first-order valence-corrected chi connectivity index (χ1v) is 10.4. The van der Waals surface area contributed by atoms with Gasteiger partial charge in [-0.15, -0.1) is 0 Å². The number of nitrogens with two attached hydrogens (primary N) is 1. The number of aliphatic carboxylic acids is 1. The van der Waals surface area contributed by atoms with Gasteiger partial charge in [0.25, 0.3) is 0 Å². The highest BCUT2D eigenvalue weighted by Crippen LogP contribution is 2.44. The maximum Gasteiger partial charge on any atom is 0.322 e. The van der Waals surface area contributed by atoms with Crippen molar-refractivity contribution in [3.63, 3.8) is 0 Å². The Morgan fingerprint density at radius 2 is 1.57 bits per heavy atom. The topological polar surface area (TPSA) is 89.6 Å². The monoisotopic (exact) mass is 465 g/mol. The Morgan fingerprint density at radius 3 is 2.13 bits per heavy atom. The van der Waals surface area contributed by atoms with Gasteiger partial charge < -0.3 is 15.6 Å². The van der Waals surface area contributed by atoms with Gasteiger partial charge in [0.15, 0.2) is 5.92 Å². The zero-order chi connectivity index (χ0) is 21.3. The van der Waals surface area contributed by atoms with Crippen LogP contribution >= 0.6 is 15.9 Å². The lowest BCUT2D eigenvalue weighted by molar-refractivity contribution is -0.160. The molecule has 0 bridgehead atoms. The zero-order valence-corrected chi connectivity index (χ0v) is 17.6. The number of ether oxygens (including phenoxy) is 1. The number of rotatable bonds is 6. The number of hydrogen-bond donors (Lipinski definition) is 2. The number of benzene rings is 3. The van der Waals surface area contributed by atoms with Crippen LogP contribution in [0.1, 0.15) is 28.7 Å². The third-order valence-corrected chi connectivity index (χ3v) is 5.96. The Hall–Kier alpha value is -2.96. The second-order valence-electron chi connectivity index (χ2n) is 7.25. The largest absolute Gasteiger partial charge is 0.481 e. The van der Waals surface area contributed by atoms with Crippen LogP contribution in [-0.4, -0.2) is 23.7 Å². The number of carbonyl (C=O) groups is 2. The summed E-state index contributed by atoms with van der Waals surface area (Å²) in [6.07, 6.45) is 0. The fourth-order valence-corrected chi connectivity index (χ4v) is 4.42. The van der Waals surface area contributed by atoms with Gasteiger partial charge in [-0.3, -0.25) is 9.59 Å². The summed E-state index contributed by atoms with van der Waals surface area (Å²) in [5.74, 6) is -3.78. The molecule has 0 saturated heterocycles. The summed E-state index contributed by atoms with van der Waals surface area (Å²) in [5.41, 5.74) is 11.0. The molecule has 0 heterocycles. The molecule has 1 aliphatic carbocycles. The van der Waals surface area contributed by atoms with Gasteiger partial charge in [0.2, 0.25) is 0 Å². The molecule has 0 radical (unpaired) electrons. The standard InChI is InChI=1S/C24H20BrNO4/c25-15-7-5-6-14(12-15)22(26)21(23(27)28)24(29)30-13-20-18-10-3-1-8-16(18)17-9-2-4-11-19(17)20/h1-12,20-22H,13,26H2,(H,27,28)/t21-,22?/m1/s1. The molecular formula is C24H20BrNO4. The van der Waals surface area contributed by atoms with Crippen LogP contribution < -0.4 is 5.73 Å². The average Bonchev–Trinajstić information content (AvgIpc) is 3.06. The zero-order valence-electron chi connectivity index (χ0n) is 16.0. The number of carboxylic acid groups (broad SMARTS) is 1. The van der Waals surface area contributed by atoms with Crippen molar-refractivity contribution in [3.05, 3.63) is 94.0 Å². The van der Waals surface area contributed by atoms with E-state index < -0.39 is 23.9 Å². The van der Waals surface area contributed by atoms with E-state index in [0.717, 1.165) is 26.7 Å². The van der Waals surface area contributed by atoms with Gasteiger partial charge in [0.1, 0.15) is 6.61 Å². The number of fused-ring (bicyclic) bond motifs is 3. The van der Waals surface area contributed by atoms with E-state index in [4.69, 9.17) is 10.5 Å². The van der Waals surface area contributed by atoms with Gasteiger partial charge >= 0.3 is 11.9 Å². The van der Waals surface area contributed by atoms with Gasteiger partial charge in [0, 0.05) is 10.4 Å². The highest BCUT2D eigenvalue weighted by atomic mass is 79.9. The first-order valence-electron chi connectivity index (χ1n) is 9.56. The number of carbonyl (C=O) groups excluding carboxylic acids is 1. The van der Waals surface area contributed by atoms with E-state index in [9.17, 15) is 14.7 Å². The summed E-state index contributed by atoms with van der Waals surface area (Å²) in [6.45, 7) is 0.0574. The molecule has 152 valence electrons. The van der Waals surface area contributed by atoms with Gasteiger partial charge in [0.05, 0.1) is 6.04 Å². The summed E-state index contributed by atoms with van der Waals surface area (Å²) < 4.78 is 6.28. The fraction of sp³-hybridized carbons (Fsp3) is 0.167. The van der Waals surface area contributed by atoms with Crippen LogP contribution in [0.4, 0.5) is 0 Å². The van der Waals surface area contributed by atoms with Gasteiger partial charge in [-0.05, 0) is 39.9 Å². The van der Waals surface area contributed by atoms with E-state index in [-0.39, 0.29) is 12.5 Å². The summed E-state index contributed by atoms with van der Waals surface area (Å²) in [5, 5.41) is 9.66. The maximum absolute atomic E-state index is 12.8. The molecule has 3 aromatic carbocycles. The number of hydrogen-bond acceptors (Lipinski definition) is 4. The van der Waals surface area contributed by atoms with E-state index in [1.165, 1.54) is 0 Å². The molecule has 0 amide bonds. The van der Waals surface area contributed by atoms with Crippen molar-refractivity contribution in [2.75, 3.05) is 6.61 Å². The fourth-order valence-electron chi connectivity index (χ4n) is 4.00. The maximum atomic E-state index is 12.8. The van der Waals surface area contributed by atoms with E-state index in [1.807, 2.05) is 48.5 Å². The smallest absolute Gasteiger partial charge is 0.322 e. The summed E-state index contributed by atoms with van der Waals surface area (Å²) in [7, 11) is 0. The Morgan fingerprint density at radius 1 is 0.967 bits per heavy atom. The third kappa shape index (κ3) is 3.76. The Labute approximate surface area is 182 Å². The van der Waals surface area contributed by atoms with E-state index in [2.05, 4.69) is 15.9 Å². The molecule has 0 saturated carbocycles. The summed E-state index contributed by atoms with van der Waals surface area (Å²) >= 11 is 3.34. The number of halogens is 1. The minimum absolute atomic E-state index is 0.0574. The lowest BCUT2D eigenvalue weighted by Crippen LogP contribution is -2.36. The molecule has 3 aromatic rings. The van der Waals surface area contributed by atoms with Crippen LogP contribution in [0.25, 0.3) is 11.1 Å². The molecule has 3 N–H and O–H groups in total. The molecule has 1 aliphatic rings. The lowest BCUT2D eigenvalue weighted by Gasteiger charge is -2.21. The van der Waals surface area contributed by atoms with Crippen LogP contribution in [0.3, 0.4) is 0 Å². The molecule has 4 rings (SSSR count). The third-order valence-electron chi connectivity index (χ3n) is 5.47. The Bertz CT molecular complexity index is 1070. The summed E-state index contributed by atoms with van der Waals surface area (Å²) in [6, 6.07) is 21.9. The lowest BCUT2D eigenvalue weighted by atomic mass is 9.93. The Kier molecular flexibility index (Phi) is 5.70. The highest BCUT2D eigenvalue weighted by Gasteiger charge is 2.37. The van der Waals surface area contributed by atoms with Crippen LogP contribution in [0.2, 0.25) is 0 Å². The molecule has 0 fully saturated rings. The predicted molar refractivity (Wildman–Crippen MR) is 117 cm³/mol. The second kappa shape index (κ2) is 8.42. The predicted octanol–water partition coefficient (Wildman–Crippen LogP) is 4.51. The quantitative estimate of drug-likeness (QED) is 0.412. The molecular weight excluding hydrogens is 446 g/mol. The van der Waals surface area contributed by atoms with Crippen molar-refractivity contribution in [3.8, 4) is 11.1 Å². The molecule has 0 spiro atoms. The van der Waals surface area contributed by atoms with Crippen LogP contribution in [0.15, 0.2) is 77.3 Å². The molecule has 2 atom stereocenters. The van der Waals surface area contributed by atoms with Gasteiger partial charge in [-0.1, -0.05) is 76.6 Å². The van der Waals surface area contributed by atoms with Crippen molar-refractivity contribution < 1.29 is 19.4 Å². The molecule has 0 aromatic heterocycles. The Balaban J connectivity index is 1.55. The minimum Gasteiger partial charge on any atom is -0.481 e. The normalized spacial score (nSPS) is 14.5. The second-order valence-corrected chi connectivity index (χ2v) is 8.17. The van der Waals surface area contributed by atoms with Crippen molar-refractivity contribution >= 4 is 27.9 Å². The average molecular weight is 466 g/mol. The van der Waals surface area contributed by atoms with Gasteiger partial charge in [-0.2, -0.15) is 0 Å². The van der Waals surface area contributed by atoms with Gasteiger partial charge in [-0.25, -0.2) is 0 Å². The molecule has 6 heteroatoms. The van der Waals surface area contributed by atoms with E-state index in [1.54, 1.807) is 24.3 Å². The van der Waals surface area contributed by atoms with Crippen molar-refractivity contribution in [2.45, 2.75) is 12.0 Å². The number of carboxylic acids is 1. The van der Waals surface area contributed by atoms with E-state index >= 15 is 0 Å². The highest BCUT2D eigenvalue weighted by molar-refractivity contribution is 9.10. The SMILES string of the molecule is NC(c1cccc(Br)c1)[C@H](C(=O)O)C(=O)OCC1c2ccccc2-c2ccccc21. The minimum atomic E-state index is -1.49. The summed E-state index contributed by atoms with van der Waals surface area (Å²) in [4.78, 5) is 24.6. The number of esters is 1. The van der Waals surface area contributed by atoms with Crippen molar-refractivity contribution in [1.82, 2.24) is 0 Å². The van der Waals surface area contributed by atoms with Crippen LogP contribution in [0.5, 0.6) is 0 Å². The van der Waals surface area contributed by atoms with Crippen molar-refractivity contribution in [1.29, 1.82) is 0 Å². The first kappa shape index (κ1) is 20.3. The van der Waals surface area contributed by atoms with Crippen molar-refractivity contribution in [2.24, 2.45) is 11.7 Å². The molecule has 5 nitrogen and oxygen atoms in total. The molecule has 0 aliphatic heterocycles. The van der Waals surface area contributed by atoms with Crippen LogP contribution in [0, 0.1) is 5.92 Å². The van der Waals surface area contributed by atoms with Crippen LogP contribution in [-0.2, 0) is 14.3 Å². The first-order chi connectivity index (χ1) is 14.5.